The average Bonchev–Trinajstić information content (AvgIpc) is 3.13. The molecular weight excluding hydrogens is 434 g/mol. The van der Waals surface area contributed by atoms with Crippen LogP contribution in [0.5, 0.6) is 5.75 Å². The number of hydrogen-bond donors (Lipinski definition) is 0. The third-order valence-electron chi connectivity index (χ3n) is 5.33. The summed E-state index contributed by atoms with van der Waals surface area (Å²) in [5.74, 6) is 0.784. The zero-order valence-electron chi connectivity index (χ0n) is 18.0. The molecule has 0 aliphatic heterocycles. The van der Waals surface area contributed by atoms with E-state index < -0.39 is 5.56 Å². The molecule has 5 rings (SSSR count). The van der Waals surface area contributed by atoms with Crippen molar-refractivity contribution in [2.24, 2.45) is 0 Å². The Morgan fingerprint density at radius 1 is 1.00 bits per heavy atom. The highest BCUT2D eigenvalue weighted by Crippen LogP contribution is 2.19. The molecular formula is C26H21N3O3S. The van der Waals surface area contributed by atoms with E-state index in [1.807, 2.05) is 72.8 Å². The Bertz CT molecular complexity index is 1620. The van der Waals surface area contributed by atoms with Crippen LogP contribution in [0.2, 0.25) is 0 Å². The van der Waals surface area contributed by atoms with Crippen LogP contribution < -0.4 is 20.4 Å². The van der Waals surface area contributed by atoms with Crippen molar-refractivity contribution >= 4 is 33.1 Å². The van der Waals surface area contributed by atoms with Crippen molar-refractivity contribution in [3.8, 4) is 5.75 Å². The number of hydrogen-bond acceptors (Lipinski definition) is 6. The van der Waals surface area contributed by atoms with Gasteiger partial charge in [-0.25, -0.2) is 0 Å². The number of nitrogens with zero attached hydrogens (tertiary/aromatic N) is 3. The minimum absolute atomic E-state index is 0.237. The van der Waals surface area contributed by atoms with Gasteiger partial charge in [-0.05, 0) is 46.5 Å². The maximum atomic E-state index is 13.1. The summed E-state index contributed by atoms with van der Waals surface area (Å²) in [5.41, 5.74) is 1.38. The van der Waals surface area contributed by atoms with Gasteiger partial charge in [0.1, 0.15) is 11.4 Å². The van der Waals surface area contributed by atoms with E-state index in [-0.39, 0.29) is 11.3 Å². The van der Waals surface area contributed by atoms with E-state index >= 15 is 0 Å². The van der Waals surface area contributed by atoms with Crippen molar-refractivity contribution in [3.63, 3.8) is 0 Å². The maximum absolute atomic E-state index is 13.1. The third kappa shape index (κ3) is 4.27. The third-order valence-corrected chi connectivity index (χ3v) is 6.29. The van der Waals surface area contributed by atoms with Crippen molar-refractivity contribution in [1.29, 1.82) is 0 Å². The second-order valence-electron chi connectivity index (χ2n) is 7.71. The van der Waals surface area contributed by atoms with Crippen molar-refractivity contribution < 1.29 is 4.74 Å². The highest BCUT2D eigenvalue weighted by Gasteiger charge is 2.12. The summed E-state index contributed by atoms with van der Waals surface area (Å²) in [7, 11) is 0. The molecule has 0 unspecified atom stereocenters. The SMILES string of the molecule is CCCOc1ccc(Cc2nn3c(=O)/c(=C\c4cccc5ccccc45)sc3nc2=O)cc1. The first-order chi connectivity index (χ1) is 16.1. The molecule has 0 saturated heterocycles. The van der Waals surface area contributed by atoms with Gasteiger partial charge >= 0.3 is 0 Å². The number of benzene rings is 3. The molecule has 0 atom stereocenters. The number of aromatic nitrogens is 3. The van der Waals surface area contributed by atoms with E-state index in [1.165, 1.54) is 15.9 Å². The number of ether oxygens (including phenoxy) is 1. The molecule has 0 aliphatic rings. The van der Waals surface area contributed by atoms with Crippen molar-refractivity contribution in [2.75, 3.05) is 6.61 Å². The monoisotopic (exact) mass is 455 g/mol. The van der Waals surface area contributed by atoms with Gasteiger partial charge in [0.25, 0.3) is 11.1 Å². The van der Waals surface area contributed by atoms with Gasteiger partial charge in [-0.1, -0.05) is 72.9 Å². The molecule has 33 heavy (non-hydrogen) atoms. The molecule has 164 valence electrons. The van der Waals surface area contributed by atoms with Crippen molar-refractivity contribution in [3.05, 3.63) is 109 Å². The molecule has 5 aromatic rings. The van der Waals surface area contributed by atoms with E-state index in [0.29, 0.717) is 22.5 Å². The molecule has 3 aromatic carbocycles. The maximum Gasteiger partial charge on any atom is 0.296 e. The quantitative estimate of drug-likeness (QED) is 0.391. The van der Waals surface area contributed by atoms with E-state index in [0.717, 1.165) is 34.1 Å². The molecule has 6 nitrogen and oxygen atoms in total. The normalized spacial score (nSPS) is 12.0. The standard InChI is InChI=1S/C26H21N3O3S/c1-2-14-32-20-12-10-17(11-13-20)15-22-24(30)27-26-29(28-22)25(31)23(33-26)16-19-8-5-7-18-6-3-4-9-21(18)19/h3-13,16H,2,14-15H2,1H3/b23-16+. The zero-order valence-corrected chi connectivity index (χ0v) is 18.8. The first-order valence-corrected chi connectivity index (χ1v) is 11.6. The number of fused-ring (bicyclic) bond motifs is 2. The molecule has 0 radical (unpaired) electrons. The number of rotatable bonds is 6. The fourth-order valence-electron chi connectivity index (χ4n) is 3.69. The van der Waals surface area contributed by atoms with Crippen LogP contribution in [0.3, 0.4) is 0 Å². The van der Waals surface area contributed by atoms with Gasteiger partial charge in [-0.2, -0.15) is 14.6 Å². The molecule has 0 amide bonds. The molecule has 0 bridgehead atoms. The summed E-state index contributed by atoms with van der Waals surface area (Å²) in [5, 5.41) is 6.51. The van der Waals surface area contributed by atoms with Crippen LogP contribution >= 0.6 is 11.3 Å². The predicted octanol–water partition coefficient (Wildman–Crippen LogP) is 3.59. The van der Waals surface area contributed by atoms with Gasteiger partial charge in [0, 0.05) is 6.42 Å². The Labute approximate surface area is 193 Å². The van der Waals surface area contributed by atoms with Gasteiger partial charge in [-0.3, -0.25) is 9.59 Å². The van der Waals surface area contributed by atoms with Crippen molar-refractivity contribution in [2.45, 2.75) is 19.8 Å². The minimum Gasteiger partial charge on any atom is -0.494 e. The van der Waals surface area contributed by atoms with Crippen LogP contribution in [0, 0.1) is 0 Å². The Morgan fingerprint density at radius 3 is 2.61 bits per heavy atom. The lowest BCUT2D eigenvalue weighted by atomic mass is 10.0. The van der Waals surface area contributed by atoms with Crippen LogP contribution in [-0.2, 0) is 6.42 Å². The lowest BCUT2D eigenvalue weighted by Gasteiger charge is -2.05. The van der Waals surface area contributed by atoms with Gasteiger partial charge in [0.05, 0.1) is 11.1 Å². The van der Waals surface area contributed by atoms with Crippen LogP contribution in [0.4, 0.5) is 0 Å². The highest BCUT2D eigenvalue weighted by molar-refractivity contribution is 7.15. The van der Waals surface area contributed by atoms with Gasteiger partial charge in [-0.15, -0.1) is 0 Å². The zero-order chi connectivity index (χ0) is 22.8. The summed E-state index contributed by atoms with van der Waals surface area (Å²) < 4.78 is 7.32. The summed E-state index contributed by atoms with van der Waals surface area (Å²) in [4.78, 5) is 30.1. The van der Waals surface area contributed by atoms with E-state index in [4.69, 9.17) is 4.74 Å². The lowest BCUT2D eigenvalue weighted by Crippen LogP contribution is -2.28. The predicted molar refractivity (Wildman–Crippen MR) is 131 cm³/mol. The summed E-state index contributed by atoms with van der Waals surface area (Å²) in [6.07, 6.45) is 3.07. The van der Waals surface area contributed by atoms with Crippen LogP contribution in [-0.4, -0.2) is 21.2 Å². The van der Waals surface area contributed by atoms with Crippen LogP contribution in [0.15, 0.2) is 76.3 Å². The van der Waals surface area contributed by atoms with E-state index in [2.05, 4.69) is 17.0 Å². The van der Waals surface area contributed by atoms with Crippen LogP contribution in [0.25, 0.3) is 21.8 Å². The topological polar surface area (TPSA) is 73.6 Å². The van der Waals surface area contributed by atoms with Gasteiger partial charge in [0.2, 0.25) is 4.96 Å². The molecule has 0 saturated carbocycles. The first-order valence-electron chi connectivity index (χ1n) is 10.8. The smallest absolute Gasteiger partial charge is 0.296 e. The second-order valence-corrected chi connectivity index (χ2v) is 8.72. The fourth-order valence-corrected chi connectivity index (χ4v) is 4.58. The molecule has 0 aliphatic carbocycles. The lowest BCUT2D eigenvalue weighted by molar-refractivity contribution is 0.317. The Balaban J connectivity index is 1.52. The molecule has 7 heteroatoms. The second kappa shape index (κ2) is 8.96. The molecule has 2 heterocycles. The summed E-state index contributed by atoms with van der Waals surface area (Å²) in [6, 6.07) is 21.5. The summed E-state index contributed by atoms with van der Waals surface area (Å²) in [6.45, 7) is 2.71. The largest absolute Gasteiger partial charge is 0.494 e. The van der Waals surface area contributed by atoms with E-state index in [1.54, 1.807) is 0 Å². The Kier molecular flexibility index (Phi) is 5.71. The number of thiazole rings is 1. The Hall–Kier alpha value is -3.84. The molecule has 0 fully saturated rings. The molecule has 0 N–H and O–H groups in total. The Morgan fingerprint density at radius 2 is 1.79 bits per heavy atom. The van der Waals surface area contributed by atoms with Crippen molar-refractivity contribution in [1.82, 2.24) is 14.6 Å². The van der Waals surface area contributed by atoms with Crippen LogP contribution in [0.1, 0.15) is 30.2 Å². The fraction of sp³-hybridized carbons (Fsp3) is 0.154. The molecule has 2 aromatic heterocycles. The average molecular weight is 456 g/mol. The van der Waals surface area contributed by atoms with Gasteiger partial charge < -0.3 is 4.74 Å². The summed E-state index contributed by atoms with van der Waals surface area (Å²) >= 11 is 1.17. The minimum atomic E-state index is -0.417. The highest BCUT2D eigenvalue weighted by atomic mass is 32.1. The first kappa shape index (κ1) is 21.0. The van der Waals surface area contributed by atoms with Gasteiger partial charge in [0.15, 0.2) is 0 Å². The molecule has 0 spiro atoms. The van der Waals surface area contributed by atoms with E-state index in [9.17, 15) is 9.59 Å².